The van der Waals surface area contributed by atoms with Crippen molar-refractivity contribution in [3.8, 4) is 0 Å². The van der Waals surface area contributed by atoms with Gasteiger partial charge in [0.05, 0.1) is 11.8 Å². The third-order valence-electron chi connectivity index (χ3n) is 3.30. The lowest BCUT2D eigenvalue weighted by atomic mass is 10.0. The Balaban J connectivity index is 2.24. The minimum Gasteiger partial charge on any atom is -0.388 e. The zero-order valence-electron chi connectivity index (χ0n) is 11.6. The Kier molecular flexibility index (Phi) is 5.63. The van der Waals surface area contributed by atoms with Gasteiger partial charge in [0.1, 0.15) is 0 Å². The van der Waals surface area contributed by atoms with Crippen LogP contribution in [-0.2, 0) is 19.4 Å². The van der Waals surface area contributed by atoms with Crippen molar-refractivity contribution in [2.45, 2.75) is 39.3 Å². The maximum Gasteiger partial charge on any atom is 0.0856 e. The van der Waals surface area contributed by atoms with Crippen molar-refractivity contribution >= 4 is 38.5 Å². The van der Waals surface area contributed by atoms with E-state index in [0.717, 1.165) is 38.0 Å². The van der Waals surface area contributed by atoms with E-state index >= 15 is 0 Å². The highest BCUT2D eigenvalue weighted by atomic mass is 127. The number of hydrogen-bond donors (Lipinski definition) is 1. The number of benzene rings is 1. The Hall–Kier alpha value is -0.400. The summed E-state index contributed by atoms with van der Waals surface area (Å²) in [5.41, 5.74) is 3.09. The van der Waals surface area contributed by atoms with E-state index in [1.807, 2.05) is 22.9 Å². The van der Waals surface area contributed by atoms with Gasteiger partial charge in [-0.15, -0.1) is 0 Å². The van der Waals surface area contributed by atoms with Crippen molar-refractivity contribution < 1.29 is 5.11 Å². The summed E-state index contributed by atoms with van der Waals surface area (Å²) < 4.78 is 4.05. The normalized spacial score (nSPS) is 12.7. The first-order valence-corrected chi connectivity index (χ1v) is 8.60. The van der Waals surface area contributed by atoms with E-state index in [-0.39, 0.29) is 0 Å². The molecule has 0 amide bonds. The quantitative estimate of drug-likeness (QED) is 0.699. The average Bonchev–Trinajstić information content (AvgIpc) is 2.83. The first kappa shape index (κ1) is 16.0. The van der Waals surface area contributed by atoms with E-state index in [1.165, 1.54) is 0 Å². The zero-order chi connectivity index (χ0) is 14.7. The molecule has 1 N–H and O–H groups in total. The third-order valence-corrected chi connectivity index (χ3v) is 4.69. The summed E-state index contributed by atoms with van der Waals surface area (Å²) in [7, 11) is 0. The molecule has 0 aliphatic carbocycles. The second kappa shape index (κ2) is 7.04. The fraction of sp³-hybridized carbons (Fsp3) is 0.400. The predicted molar refractivity (Wildman–Crippen MR) is 92.8 cm³/mol. The van der Waals surface area contributed by atoms with Gasteiger partial charge >= 0.3 is 0 Å². The molecule has 1 aromatic carbocycles. The largest absolute Gasteiger partial charge is 0.388 e. The molecule has 1 atom stereocenters. The van der Waals surface area contributed by atoms with Crippen molar-refractivity contribution in [1.82, 2.24) is 9.78 Å². The SMILES string of the molecule is CCc1cc(CC(O)c2cc(I)ccc2Br)n(CC)n1. The predicted octanol–water partition coefficient (Wildman–Crippen LogP) is 4.11. The molecule has 0 bridgehead atoms. The molecule has 1 unspecified atom stereocenters. The number of aliphatic hydroxyl groups is 1. The Morgan fingerprint density at radius 1 is 1.35 bits per heavy atom. The fourth-order valence-corrected chi connectivity index (χ4v) is 3.23. The molecule has 0 saturated heterocycles. The summed E-state index contributed by atoms with van der Waals surface area (Å²) in [5.74, 6) is 0. The molecule has 0 saturated carbocycles. The number of halogens is 2. The lowest BCUT2D eigenvalue weighted by Crippen LogP contribution is -2.09. The molecule has 0 radical (unpaired) electrons. The lowest BCUT2D eigenvalue weighted by molar-refractivity contribution is 0.174. The molecule has 0 aliphatic rings. The topological polar surface area (TPSA) is 38.0 Å². The van der Waals surface area contributed by atoms with Crippen LogP contribution >= 0.6 is 38.5 Å². The smallest absolute Gasteiger partial charge is 0.0856 e. The number of aliphatic hydroxyl groups excluding tert-OH is 1. The summed E-state index contributed by atoms with van der Waals surface area (Å²) in [5, 5.41) is 15.0. The summed E-state index contributed by atoms with van der Waals surface area (Å²) in [6, 6.07) is 8.11. The maximum absolute atomic E-state index is 10.5. The molecule has 0 fully saturated rings. The van der Waals surface area contributed by atoms with Crippen LogP contribution in [0.2, 0.25) is 0 Å². The van der Waals surface area contributed by atoms with Gasteiger partial charge in [-0.25, -0.2) is 0 Å². The second-order valence-electron chi connectivity index (χ2n) is 4.68. The van der Waals surface area contributed by atoms with E-state index in [2.05, 4.69) is 63.5 Å². The first-order valence-electron chi connectivity index (χ1n) is 6.73. The molecule has 1 heterocycles. The van der Waals surface area contributed by atoms with Crippen LogP contribution in [0.3, 0.4) is 0 Å². The molecule has 20 heavy (non-hydrogen) atoms. The Morgan fingerprint density at radius 2 is 2.10 bits per heavy atom. The minimum absolute atomic E-state index is 0.522. The molecule has 2 aromatic rings. The van der Waals surface area contributed by atoms with Gasteiger partial charge in [-0.05, 0) is 65.8 Å². The molecular weight excluding hydrogens is 431 g/mol. The van der Waals surface area contributed by atoms with Crippen LogP contribution < -0.4 is 0 Å². The highest BCUT2D eigenvalue weighted by Crippen LogP contribution is 2.28. The monoisotopic (exact) mass is 448 g/mol. The van der Waals surface area contributed by atoms with E-state index in [0.29, 0.717) is 6.42 Å². The Labute approximate surface area is 141 Å². The van der Waals surface area contributed by atoms with E-state index < -0.39 is 6.10 Å². The molecule has 0 spiro atoms. The zero-order valence-corrected chi connectivity index (χ0v) is 15.3. The summed E-state index contributed by atoms with van der Waals surface area (Å²) in [6.07, 6.45) is 0.980. The highest BCUT2D eigenvalue weighted by Gasteiger charge is 2.16. The third kappa shape index (κ3) is 3.62. The minimum atomic E-state index is -0.522. The number of aromatic nitrogens is 2. The van der Waals surface area contributed by atoms with Gasteiger partial charge in [-0.3, -0.25) is 4.68 Å². The standard InChI is InChI=1S/C15H18BrIN2O/c1-3-11-8-12(19(4-2)18-11)9-15(20)13-7-10(17)5-6-14(13)16/h5-8,15,20H,3-4,9H2,1-2H3. The van der Waals surface area contributed by atoms with Crippen LogP contribution in [0.4, 0.5) is 0 Å². The fourth-order valence-electron chi connectivity index (χ4n) is 2.20. The van der Waals surface area contributed by atoms with Crippen molar-refractivity contribution in [1.29, 1.82) is 0 Å². The van der Waals surface area contributed by atoms with Crippen LogP contribution in [0.1, 0.15) is 36.9 Å². The first-order chi connectivity index (χ1) is 9.55. The van der Waals surface area contributed by atoms with Gasteiger partial charge < -0.3 is 5.11 Å². The molecule has 1 aromatic heterocycles. The van der Waals surface area contributed by atoms with Crippen LogP contribution in [0.5, 0.6) is 0 Å². The summed E-state index contributed by atoms with van der Waals surface area (Å²) in [4.78, 5) is 0. The Morgan fingerprint density at radius 3 is 2.75 bits per heavy atom. The maximum atomic E-state index is 10.5. The van der Waals surface area contributed by atoms with Gasteiger partial charge in [0, 0.05) is 26.7 Å². The molecule has 108 valence electrons. The van der Waals surface area contributed by atoms with Crippen molar-refractivity contribution in [2.24, 2.45) is 0 Å². The summed E-state index contributed by atoms with van der Waals surface area (Å²) >= 11 is 5.77. The number of aryl methyl sites for hydroxylation is 2. The average molecular weight is 449 g/mol. The highest BCUT2D eigenvalue weighted by molar-refractivity contribution is 14.1. The van der Waals surface area contributed by atoms with Gasteiger partial charge in [-0.2, -0.15) is 5.10 Å². The van der Waals surface area contributed by atoms with Crippen LogP contribution in [0.25, 0.3) is 0 Å². The van der Waals surface area contributed by atoms with E-state index in [1.54, 1.807) is 0 Å². The molecule has 2 rings (SSSR count). The van der Waals surface area contributed by atoms with Crippen molar-refractivity contribution in [2.75, 3.05) is 0 Å². The summed E-state index contributed by atoms with van der Waals surface area (Å²) in [6.45, 7) is 5.00. The van der Waals surface area contributed by atoms with Crippen LogP contribution in [0, 0.1) is 3.57 Å². The van der Waals surface area contributed by atoms with Crippen LogP contribution in [-0.4, -0.2) is 14.9 Å². The number of hydrogen-bond acceptors (Lipinski definition) is 2. The van der Waals surface area contributed by atoms with Gasteiger partial charge in [-0.1, -0.05) is 22.9 Å². The molecule has 5 heteroatoms. The molecule has 3 nitrogen and oxygen atoms in total. The van der Waals surface area contributed by atoms with Crippen molar-refractivity contribution in [3.63, 3.8) is 0 Å². The van der Waals surface area contributed by atoms with Crippen molar-refractivity contribution in [3.05, 3.63) is 49.3 Å². The van der Waals surface area contributed by atoms with E-state index in [9.17, 15) is 5.11 Å². The van der Waals surface area contributed by atoms with Crippen LogP contribution in [0.15, 0.2) is 28.7 Å². The van der Waals surface area contributed by atoms with E-state index in [4.69, 9.17) is 0 Å². The lowest BCUT2D eigenvalue weighted by Gasteiger charge is -2.14. The Bertz CT molecular complexity index is 598. The van der Waals surface area contributed by atoms with Gasteiger partial charge in [0.25, 0.3) is 0 Å². The molecular formula is C15H18BrIN2O. The van der Waals surface area contributed by atoms with Gasteiger partial charge in [0.15, 0.2) is 0 Å². The second-order valence-corrected chi connectivity index (χ2v) is 6.78. The molecule has 0 aliphatic heterocycles. The van der Waals surface area contributed by atoms with Gasteiger partial charge in [0.2, 0.25) is 0 Å². The number of nitrogens with zero attached hydrogens (tertiary/aromatic N) is 2. The number of rotatable bonds is 5.